The van der Waals surface area contributed by atoms with Gasteiger partial charge in [-0.3, -0.25) is 0 Å². The fraction of sp³-hybridized carbons (Fsp3) is 0.214. The Kier molecular flexibility index (Phi) is 3.97. The van der Waals surface area contributed by atoms with Crippen molar-refractivity contribution in [2.75, 3.05) is 0 Å². The monoisotopic (exact) mass is 226 g/mol. The average Bonchev–Trinajstić information content (AvgIpc) is 2.39. The van der Waals surface area contributed by atoms with Gasteiger partial charge in [-0.05, 0) is 11.1 Å². The molecule has 2 aromatic rings. The summed E-state index contributed by atoms with van der Waals surface area (Å²) < 4.78 is 0. The molecule has 0 aliphatic rings. The first kappa shape index (κ1) is 11.5. The van der Waals surface area contributed by atoms with E-state index in [0.717, 1.165) is 24.1 Å². The maximum absolute atomic E-state index is 10.2. The third-order valence-corrected chi connectivity index (χ3v) is 2.50. The molecule has 0 radical (unpaired) electrons. The molecule has 0 unspecified atom stereocenters. The zero-order valence-corrected chi connectivity index (χ0v) is 9.54. The Morgan fingerprint density at radius 3 is 2.35 bits per heavy atom. The Labute approximate surface area is 101 Å². The summed E-state index contributed by atoms with van der Waals surface area (Å²) in [6.45, 7) is 0. The van der Waals surface area contributed by atoms with Crippen molar-refractivity contribution in [1.82, 2.24) is 9.97 Å². The highest BCUT2D eigenvalue weighted by atomic mass is 16.1. The van der Waals surface area contributed by atoms with Gasteiger partial charge in [0.15, 0.2) is 0 Å². The van der Waals surface area contributed by atoms with Crippen LogP contribution in [0.3, 0.4) is 0 Å². The van der Waals surface area contributed by atoms with Crippen molar-refractivity contribution >= 4 is 6.29 Å². The molecule has 1 aromatic carbocycles. The van der Waals surface area contributed by atoms with Gasteiger partial charge in [0.1, 0.15) is 12.1 Å². The van der Waals surface area contributed by atoms with Crippen molar-refractivity contribution < 1.29 is 4.79 Å². The van der Waals surface area contributed by atoms with E-state index in [2.05, 4.69) is 22.1 Å². The lowest BCUT2D eigenvalue weighted by atomic mass is 10.1. The highest BCUT2D eigenvalue weighted by Crippen LogP contribution is 2.07. The van der Waals surface area contributed by atoms with Crippen molar-refractivity contribution in [2.45, 2.75) is 19.3 Å². The Morgan fingerprint density at radius 2 is 1.71 bits per heavy atom. The topological polar surface area (TPSA) is 42.9 Å². The highest BCUT2D eigenvalue weighted by molar-refractivity contribution is 5.49. The first-order valence-electron chi connectivity index (χ1n) is 5.66. The molecule has 17 heavy (non-hydrogen) atoms. The summed E-state index contributed by atoms with van der Waals surface area (Å²) in [6.07, 6.45) is 6.50. The molecular weight excluding hydrogens is 212 g/mol. The van der Waals surface area contributed by atoms with Gasteiger partial charge < -0.3 is 4.79 Å². The normalized spacial score (nSPS) is 10.1. The average molecular weight is 226 g/mol. The summed E-state index contributed by atoms with van der Waals surface area (Å²) in [7, 11) is 0. The summed E-state index contributed by atoms with van der Waals surface area (Å²) in [4.78, 5) is 18.7. The number of carbonyl (C=O) groups is 1. The lowest BCUT2D eigenvalue weighted by Gasteiger charge is -2.02. The van der Waals surface area contributed by atoms with E-state index < -0.39 is 0 Å². The number of nitrogens with zero attached hydrogens (tertiary/aromatic N) is 2. The second kappa shape index (κ2) is 5.89. The molecule has 0 spiro atoms. The summed E-state index contributed by atoms with van der Waals surface area (Å²) >= 11 is 0. The second-order valence-corrected chi connectivity index (χ2v) is 3.88. The van der Waals surface area contributed by atoms with E-state index in [1.54, 1.807) is 0 Å². The fourth-order valence-corrected chi connectivity index (χ4v) is 1.62. The Morgan fingerprint density at radius 1 is 1.00 bits per heavy atom. The zero-order chi connectivity index (χ0) is 11.9. The molecule has 0 aliphatic heterocycles. The summed E-state index contributed by atoms with van der Waals surface area (Å²) in [5.74, 6) is 0.730. The van der Waals surface area contributed by atoms with Gasteiger partial charge in [-0.15, -0.1) is 0 Å². The molecule has 0 bridgehead atoms. The van der Waals surface area contributed by atoms with E-state index in [1.165, 1.54) is 5.56 Å². The van der Waals surface area contributed by atoms with Crippen molar-refractivity contribution in [1.29, 1.82) is 0 Å². The van der Waals surface area contributed by atoms with Crippen LogP contribution in [0, 0.1) is 0 Å². The van der Waals surface area contributed by atoms with Crippen LogP contribution in [0.5, 0.6) is 0 Å². The molecule has 1 heterocycles. The van der Waals surface area contributed by atoms with E-state index >= 15 is 0 Å². The van der Waals surface area contributed by atoms with E-state index in [9.17, 15) is 4.79 Å². The predicted octanol–water partition coefficient (Wildman–Crippen LogP) is 2.20. The van der Waals surface area contributed by atoms with Gasteiger partial charge in [0.2, 0.25) is 0 Å². The number of benzene rings is 1. The Hall–Kier alpha value is -2.03. The Balaban J connectivity index is 2.01. The lowest BCUT2D eigenvalue weighted by molar-refractivity contribution is -0.107. The Bertz CT molecular complexity index is 465. The van der Waals surface area contributed by atoms with Gasteiger partial charge in [0.05, 0.1) is 0 Å². The molecule has 0 atom stereocenters. The van der Waals surface area contributed by atoms with Crippen molar-refractivity contribution in [3.05, 3.63) is 59.7 Å². The molecule has 86 valence electrons. The molecule has 1 aromatic heterocycles. The fourth-order valence-electron chi connectivity index (χ4n) is 1.62. The van der Waals surface area contributed by atoms with E-state index in [1.807, 2.05) is 30.6 Å². The van der Waals surface area contributed by atoms with Crippen molar-refractivity contribution in [2.24, 2.45) is 0 Å². The number of aromatic nitrogens is 2. The summed E-state index contributed by atoms with van der Waals surface area (Å²) in [5.41, 5.74) is 2.34. The molecule has 0 N–H and O–H groups in total. The standard InChI is InChI=1S/C14H14N2O/c17-8-4-7-14-15-10-13(11-16-14)9-12-5-2-1-3-6-12/h1-3,5-6,8,10-11H,4,7,9H2. The number of rotatable bonds is 5. The number of aryl methyl sites for hydroxylation is 1. The smallest absolute Gasteiger partial charge is 0.128 e. The van der Waals surface area contributed by atoms with E-state index in [0.29, 0.717) is 12.8 Å². The van der Waals surface area contributed by atoms with Gasteiger partial charge >= 0.3 is 0 Å². The number of hydrogen-bond acceptors (Lipinski definition) is 3. The van der Waals surface area contributed by atoms with E-state index in [4.69, 9.17) is 0 Å². The van der Waals surface area contributed by atoms with Crippen LogP contribution in [0.1, 0.15) is 23.4 Å². The van der Waals surface area contributed by atoms with Crippen LogP contribution >= 0.6 is 0 Å². The molecule has 0 aliphatic carbocycles. The third-order valence-electron chi connectivity index (χ3n) is 2.50. The molecule has 3 nitrogen and oxygen atoms in total. The molecule has 0 fully saturated rings. The van der Waals surface area contributed by atoms with Gasteiger partial charge in [0, 0.05) is 31.7 Å². The van der Waals surface area contributed by atoms with Crippen LogP contribution in [0.2, 0.25) is 0 Å². The van der Waals surface area contributed by atoms with Crippen LogP contribution in [-0.2, 0) is 17.6 Å². The minimum Gasteiger partial charge on any atom is -0.303 e. The highest BCUT2D eigenvalue weighted by Gasteiger charge is 1.99. The minimum absolute atomic E-state index is 0.484. The summed E-state index contributed by atoms with van der Waals surface area (Å²) in [6, 6.07) is 10.2. The maximum Gasteiger partial charge on any atom is 0.128 e. The van der Waals surface area contributed by atoms with Crippen molar-refractivity contribution in [3.8, 4) is 0 Å². The predicted molar refractivity (Wildman–Crippen MR) is 65.7 cm³/mol. The minimum atomic E-state index is 0.484. The maximum atomic E-state index is 10.2. The van der Waals surface area contributed by atoms with Gasteiger partial charge in [-0.2, -0.15) is 0 Å². The number of carbonyl (C=O) groups excluding carboxylic acids is 1. The van der Waals surface area contributed by atoms with Crippen LogP contribution < -0.4 is 0 Å². The second-order valence-electron chi connectivity index (χ2n) is 3.88. The van der Waals surface area contributed by atoms with Crippen LogP contribution in [0.4, 0.5) is 0 Å². The molecule has 0 amide bonds. The van der Waals surface area contributed by atoms with Gasteiger partial charge in [-0.1, -0.05) is 30.3 Å². The summed E-state index contributed by atoms with van der Waals surface area (Å²) in [5, 5.41) is 0. The van der Waals surface area contributed by atoms with Crippen molar-refractivity contribution in [3.63, 3.8) is 0 Å². The molecule has 0 saturated carbocycles. The first-order chi connectivity index (χ1) is 8.38. The zero-order valence-electron chi connectivity index (χ0n) is 9.54. The third kappa shape index (κ3) is 3.48. The van der Waals surface area contributed by atoms with E-state index in [-0.39, 0.29) is 0 Å². The SMILES string of the molecule is O=CCCc1ncc(Cc2ccccc2)cn1. The number of aldehydes is 1. The molecular formula is C14H14N2O. The largest absolute Gasteiger partial charge is 0.303 e. The van der Waals surface area contributed by atoms with Gasteiger partial charge in [0.25, 0.3) is 0 Å². The molecule has 2 rings (SSSR count). The number of hydrogen-bond donors (Lipinski definition) is 0. The molecule has 0 saturated heterocycles. The quantitative estimate of drug-likeness (QED) is 0.734. The molecule has 3 heteroatoms. The van der Waals surface area contributed by atoms with Gasteiger partial charge in [-0.25, -0.2) is 9.97 Å². The van der Waals surface area contributed by atoms with Crippen LogP contribution in [0.25, 0.3) is 0 Å². The first-order valence-corrected chi connectivity index (χ1v) is 5.66. The van der Waals surface area contributed by atoms with Crippen LogP contribution in [0.15, 0.2) is 42.7 Å². The van der Waals surface area contributed by atoms with Crippen LogP contribution in [-0.4, -0.2) is 16.3 Å². The lowest BCUT2D eigenvalue weighted by Crippen LogP contribution is -1.98.